The molecular weight excluding hydrogens is 168 g/mol. The summed E-state index contributed by atoms with van der Waals surface area (Å²) in [5.41, 5.74) is 0. The number of rotatable bonds is 3. The molecule has 0 aromatic rings. The third-order valence-corrected chi connectivity index (χ3v) is 3.64. The minimum Gasteiger partial charge on any atom is -0.311 e. The Balaban J connectivity index is 1.82. The smallest absolute Gasteiger partial charge is 0.0222 e. The van der Waals surface area contributed by atoms with Gasteiger partial charge in [-0.2, -0.15) is 11.8 Å². The number of piperidine rings is 2. The molecule has 0 amide bonds. The van der Waals surface area contributed by atoms with Crippen LogP contribution in [0.25, 0.3) is 0 Å². The zero-order valence-corrected chi connectivity index (χ0v) is 8.57. The second-order valence-corrected chi connectivity index (χ2v) is 4.81. The summed E-state index contributed by atoms with van der Waals surface area (Å²) in [5, 5.41) is 3.58. The Hall–Kier alpha value is 0.270. The summed E-state index contributed by atoms with van der Waals surface area (Å²) in [6, 6.07) is 1.65. The quantitative estimate of drug-likeness (QED) is 0.701. The molecule has 3 saturated heterocycles. The maximum absolute atomic E-state index is 3.58. The number of piperazine rings is 1. The summed E-state index contributed by atoms with van der Waals surface area (Å²) in [5.74, 6) is 1.29. The molecule has 3 aliphatic rings. The van der Waals surface area contributed by atoms with Crippen LogP contribution in [0.5, 0.6) is 0 Å². The van der Waals surface area contributed by atoms with Crippen LogP contribution in [0.2, 0.25) is 0 Å². The molecule has 2 atom stereocenters. The Labute approximate surface area is 79.1 Å². The third-order valence-electron chi connectivity index (χ3n) is 3.04. The number of fused-ring (bicyclic) bond motifs is 3. The molecule has 3 fully saturated rings. The zero-order chi connectivity index (χ0) is 8.39. The van der Waals surface area contributed by atoms with Gasteiger partial charge in [-0.05, 0) is 19.1 Å². The van der Waals surface area contributed by atoms with Crippen molar-refractivity contribution in [3.05, 3.63) is 0 Å². The number of thioether (sulfide) groups is 1. The lowest BCUT2D eigenvalue weighted by molar-refractivity contribution is 0.0818. The molecule has 70 valence electrons. The van der Waals surface area contributed by atoms with Crippen LogP contribution in [0.1, 0.15) is 12.8 Å². The number of nitrogens with one attached hydrogen (secondary N) is 1. The van der Waals surface area contributed by atoms with E-state index in [1.807, 2.05) is 11.8 Å². The van der Waals surface area contributed by atoms with Crippen LogP contribution >= 0.6 is 11.8 Å². The molecule has 1 N–H and O–H groups in total. The first-order valence-electron chi connectivity index (χ1n) is 4.86. The van der Waals surface area contributed by atoms with Gasteiger partial charge in [-0.25, -0.2) is 0 Å². The van der Waals surface area contributed by atoms with Crippen LogP contribution in [0.15, 0.2) is 0 Å². The van der Waals surface area contributed by atoms with Gasteiger partial charge in [0.25, 0.3) is 0 Å². The Bertz CT molecular complexity index is 143. The number of hydrogen-bond acceptors (Lipinski definition) is 3. The van der Waals surface area contributed by atoms with E-state index in [4.69, 9.17) is 0 Å². The molecule has 3 rings (SSSR count). The summed E-state index contributed by atoms with van der Waals surface area (Å²) in [6.45, 7) is 3.83. The summed E-state index contributed by atoms with van der Waals surface area (Å²) >= 11 is 1.96. The molecule has 2 unspecified atom stereocenters. The molecule has 0 spiro atoms. The van der Waals surface area contributed by atoms with Crippen molar-refractivity contribution in [2.45, 2.75) is 24.9 Å². The molecule has 12 heavy (non-hydrogen) atoms. The van der Waals surface area contributed by atoms with Gasteiger partial charge >= 0.3 is 0 Å². The van der Waals surface area contributed by atoms with E-state index in [1.54, 1.807) is 0 Å². The largest absolute Gasteiger partial charge is 0.311 e. The van der Waals surface area contributed by atoms with Crippen molar-refractivity contribution in [2.75, 3.05) is 31.6 Å². The highest BCUT2D eigenvalue weighted by Gasteiger charge is 2.32. The normalized spacial score (nSPS) is 35.8. The van der Waals surface area contributed by atoms with Crippen molar-refractivity contribution < 1.29 is 0 Å². The minimum absolute atomic E-state index is 0.803. The van der Waals surface area contributed by atoms with Gasteiger partial charge in [0.05, 0.1) is 0 Å². The van der Waals surface area contributed by atoms with Crippen LogP contribution in [-0.4, -0.2) is 48.6 Å². The van der Waals surface area contributed by atoms with Gasteiger partial charge in [-0.3, -0.25) is 4.90 Å². The minimum atomic E-state index is 0.803. The molecule has 3 heteroatoms. The average molecular weight is 186 g/mol. The van der Waals surface area contributed by atoms with Gasteiger partial charge in [0.15, 0.2) is 0 Å². The molecule has 0 aliphatic carbocycles. The summed E-state index contributed by atoms with van der Waals surface area (Å²) in [4.78, 5) is 2.67. The van der Waals surface area contributed by atoms with Crippen molar-refractivity contribution in [1.82, 2.24) is 10.2 Å². The van der Waals surface area contributed by atoms with Gasteiger partial charge in [-0.15, -0.1) is 0 Å². The summed E-state index contributed by atoms with van der Waals surface area (Å²) in [6.07, 6.45) is 5.02. The van der Waals surface area contributed by atoms with Gasteiger partial charge in [0.1, 0.15) is 0 Å². The Morgan fingerprint density at radius 2 is 2.42 bits per heavy atom. The van der Waals surface area contributed by atoms with Gasteiger partial charge < -0.3 is 5.32 Å². The first-order chi connectivity index (χ1) is 5.90. The fourth-order valence-electron chi connectivity index (χ4n) is 2.28. The standard InChI is InChI=1S/C9H18N2S/c1-12-5-4-11-7-8-2-3-9(11)6-10-8/h8-10H,2-7H2,1H3. The van der Waals surface area contributed by atoms with E-state index in [1.165, 1.54) is 38.2 Å². The molecule has 2 bridgehead atoms. The zero-order valence-electron chi connectivity index (χ0n) is 7.75. The Morgan fingerprint density at radius 1 is 1.50 bits per heavy atom. The van der Waals surface area contributed by atoms with Crippen LogP contribution in [-0.2, 0) is 0 Å². The highest BCUT2D eigenvalue weighted by molar-refractivity contribution is 7.98. The predicted octanol–water partition coefficient (Wildman–Crippen LogP) is 0.786. The van der Waals surface area contributed by atoms with E-state index < -0.39 is 0 Å². The van der Waals surface area contributed by atoms with Gasteiger partial charge in [-0.1, -0.05) is 0 Å². The maximum Gasteiger partial charge on any atom is 0.0222 e. The molecule has 0 aromatic carbocycles. The fraction of sp³-hybridized carbons (Fsp3) is 1.00. The van der Waals surface area contributed by atoms with Gasteiger partial charge in [0, 0.05) is 37.5 Å². The van der Waals surface area contributed by atoms with E-state index in [2.05, 4.69) is 16.5 Å². The van der Waals surface area contributed by atoms with Crippen molar-refractivity contribution >= 4 is 11.8 Å². The van der Waals surface area contributed by atoms with Crippen molar-refractivity contribution in [3.63, 3.8) is 0 Å². The van der Waals surface area contributed by atoms with Crippen LogP contribution in [0, 0.1) is 0 Å². The lowest BCUT2D eigenvalue weighted by atomic mass is 9.93. The molecule has 0 saturated carbocycles. The highest BCUT2D eigenvalue weighted by Crippen LogP contribution is 2.21. The second-order valence-electron chi connectivity index (χ2n) is 3.82. The molecule has 3 heterocycles. The highest BCUT2D eigenvalue weighted by atomic mass is 32.2. The second kappa shape index (κ2) is 3.99. The SMILES string of the molecule is CSCCN1CC2CCC1CN2. The Kier molecular flexibility index (Phi) is 2.94. The third kappa shape index (κ3) is 1.78. The molecule has 3 aliphatic heterocycles. The molecule has 0 aromatic heterocycles. The van der Waals surface area contributed by atoms with E-state index in [-0.39, 0.29) is 0 Å². The monoisotopic (exact) mass is 186 g/mol. The first-order valence-corrected chi connectivity index (χ1v) is 6.26. The van der Waals surface area contributed by atoms with Crippen LogP contribution < -0.4 is 5.32 Å². The Morgan fingerprint density at radius 3 is 2.92 bits per heavy atom. The predicted molar refractivity (Wildman–Crippen MR) is 54.8 cm³/mol. The maximum atomic E-state index is 3.58. The van der Waals surface area contributed by atoms with Crippen molar-refractivity contribution in [3.8, 4) is 0 Å². The van der Waals surface area contributed by atoms with E-state index in [9.17, 15) is 0 Å². The topological polar surface area (TPSA) is 15.3 Å². The average Bonchev–Trinajstić information content (AvgIpc) is 2.17. The van der Waals surface area contributed by atoms with Crippen molar-refractivity contribution in [1.29, 1.82) is 0 Å². The van der Waals surface area contributed by atoms with E-state index in [0.717, 1.165) is 12.1 Å². The summed E-state index contributed by atoms with van der Waals surface area (Å²) in [7, 11) is 0. The molecular formula is C9H18N2S. The van der Waals surface area contributed by atoms with Crippen molar-refractivity contribution in [2.24, 2.45) is 0 Å². The molecule has 2 nitrogen and oxygen atoms in total. The summed E-state index contributed by atoms with van der Waals surface area (Å²) < 4.78 is 0. The van der Waals surface area contributed by atoms with Gasteiger partial charge in [0.2, 0.25) is 0 Å². The lowest BCUT2D eigenvalue weighted by Gasteiger charge is -2.45. The molecule has 0 radical (unpaired) electrons. The fourth-order valence-corrected chi connectivity index (χ4v) is 2.70. The van der Waals surface area contributed by atoms with E-state index in [0.29, 0.717) is 0 Å². The first kappa shape index (κ1) is 8.85. The number of hydrogen-bond donors (Lipinski definition) is 1. The van der Waals surface area contributed by atoms with Crippen LogP contribution in [0.3, 0.4) is 0 Å². The number of nitrogens with zero attached hydrogens (tertiary/aromatic N) is 1. The van der Waals surface area contributed by atoms with Crippen LogP contribution in [0.4, 0.5) is 0 Å². The van der Waals surface area contributed by atoms with E-state index >= 15 is 0 Å². The lowest BCUT2D eigenvalue weighted by Crippen LogP contribution is -2.61.